The summed E-state index contributed by atoms with van der Waals surface area (Å²) in [7, 11) is 0. The van der Waals surface area contributed by atoms with Gasteiger partial charge in [-0.1, -0.05) is 50.2 Å². The van der Waals surface area contributed by atoms with Crippen molar-refractivity contribution in [3.8, 4) is 0 Å². The minimum Gasteiger partial charge on any atom is -0.388 e. The second kappa shape index (κ2) is 10.1. The van der Waals surface area contributed by atoms with E-state index in [9.17, 15) is 14.7 Å². The first-order valence-electron chi connectivity index (χ1n) is 8.90. The van der Waals surface area contributed by atoms with Gasteiger partial charge < -0.3 is 15.7 Å². The summed E-state index contributed by atoms with van der Waals surface area (Å²) in [5.74, 6) is 0.266. The van der Waals surface area contributed by atoms with Crippen LogP contribution in [0.5, 0.6) is 0 Å². The molecule has 0 saturated heterocycles. The maximum atomic E-state index is 12.7. The molecule has 2 aromatic rings. The maximum Gasteiger partial charge on any atom is 0.237 e. The van der Waals surface area contributed by atoms with Crippen LogP contribution in [0.3, 0.4) is 0 Å². The van der Waals surface area contributed by atoms with Crippen molar-refractivity contribution in [1.29, 1.82) is 0 Å². The minimum absolute atomic E-state index is 0.108. The zero-order valence-electron chi connectivity index (χ0n) is 15.8. The van der Waals surface area contributed by atoms with Crippen LogP contribution in [0.25, 0.3) is 0 Å². The molecule has 2 atom stereocenters. The number of aliphatic hydroxyl groups excluding tert-OH is 1. The Hall–Kier alpha value is -2.31. The van der Waals surface area contributed by atoms with Gasteiger partial charge in [-0.05, 0) is 29.7 Å². The van der Waals surface area contributed by atoms with Crippen molar-refractivity contribution in [2.45, 2.75) is 32.1 Å². The standard InChI is InChI=1S/C21H26N2O3S/c1-14(2)20(27-13-19(25)16-8-5-4-6-9-16)21(26)23-18-11-7-10-17(12-18)22-15(3)24/h4-12,14,19-20,25H,13H2,1-3H3,(H,22,24)(H,23,26). The Labute approximate surface area is 164 Å². The van der Waals surface area contributed by atoms with Crippen molar-refractivity contribution in [2.24, 2.45) is 5.92 Å². The van der Waals surface area contributed by atoms with Crippen molar-refractivity contribution in [2.75, 3.05) is 16.4 Å². The number of nitrogens with one attached hydrogen (secondary N) is 2. The highest BCUT2D eigenvalue weighted by molar-refractivity contribution is 8.00. The highest BCUT2D eigenvalue weighted by Gasteiger charge is 2.24. The van der Waals surface area contributed by atoms with Crippen LogP contribution in [0.2, 0.25) is 0 Å². The molecule has 0 aliphatic heterocycles. The lowest BCUT2D eigenvalue weighted by atomic mass is 10.1. The fourth-order valence-electron chi connectivity index (χ4n) is 2.63. The molecule has 0 aliphatic rings. The summed E-state index contributed by atoms with van der Waals surface area (Å²) >= 11 is 1.44. The average Bonchev–Trinajstić information content (AvgIpc) is 2.62. The lowest BCUT2D eigenvalue weighted by molar-refractivity contribution is -0.116. The van der Waals surface area contributed by atoms with Gasteiger partial charge in [-0.25, -0.2) is 0 Å². The number of hydrogen-bond acceptors (Lipinski definition) is 4. The van der Waals surface area contributed by atoms with Gasteiger partial charge in [0.1, 0.15) is 0 Å². The number of rotatable bonds is 8. The lowest BCUT2D eigenvalue weighted by Gasteiger charge is -2.21. The maximum absolute atomic E-state index is 12.7. The molecule has 0 fully saturated rings. The topological polar surface area (TPSA) is 78.4 Å². The number of hydrogen-bond donors (Lipinski definition) is 3. The summed E-state index contributed by atoms with van der Waals surface area (Å²) in [6.45, 7) is 5.41. The number of carbonyl (C=O) groups excluding carboxylic acids is 2. The van der Waals surface area contributed by atoms with Gasteiger partial charge in [0.05, 0.1) is 11.4 Å². The molecule has 0 aromatic heterocycles. The largest absolute Gasteiger partial charge is 0.388 e. The number of anilines is 2. The highest BCUT2D eigenvalue weighted by Crippen LogP contribution is 2.27. The van der Waals surface area contributed by atoms with E-state index in [1.54, 1.807) is 24.3 Å². The van der Waals surface area contributed by atoms with Crippen molar-refractivity contribution < 1.29 is 14.7 Å². The molecule has 2 aromatic carbocycles. The summed E-state index contributed by atoms with van der Waals surface area (Å²) in [5, 5.41) is 15.7. The third-order valence-corrected chi connectivity index (χ3v) is 5.56. The first kappa shape index (κ1) is 21.0. The molecule has 144 valence electrons. The van der Waals surface area contributed by atoms with E-state index in [2.05, 4.69) is 10.6 Å². The van der Waals surface area contributed by atoms with E-state index in [-0.39, 0.29) is 23.0 Å². The highest BCUT2D eigenvalue weighted by atomic mass is 32.2. The van der Waals surface area contributed by atoms with Crippen LogP contribution in [-0.2, 0) is 9.59 Å². The van der Waals surface area contributed by atoms with Crippen LogP contribution >= 0.6 is 11.8 Å². The normalized spacial score (nSPS) is 13.1. The molecule has 6 heteroatoms. The van der Waals surface area contributed by atoms with E-state index in [4.69, 9.17) is 0 Å². The number of amides is 2. The van der Waals surface area contributed by atoms with Gasteiger partial charge in [0.25, 0.3) is 0 Å². The third kappa shape index (κ3) is 6.73. The van der Waals surface area contributed by atoms with Crippen LogP contribution < -0.4 is 10.6 Å². The van der Waals surface area contributed by atoms with Crippen LogP contribution in [-0.4, -0.2) is 27.9 Å². The van der Waals surface area contributed by atoms with Crippen molar-refractivity contribution in [3.63, 3.8) is 0 Å². The summed E-state index contributed by atoms with van der Waals surface area (Å²) in [5.41, 5.74) is 2.10. The SMILES string of the molecule is CC(=O)Nc1cccc(NC(=O)C(SCC(O)c2ccccc2)C(C)C)c1. The molecule has 0 bridgehead atoms. The van der Waals surface area contributed by atoms with Gasteiger partial charge in [-0.3, -0.25) is 9.59 Å². The van der Waals surface area contributed by atoms with Crippen LogP contribution in [0.1, 0.15) is 32.4 Å². The number of thioether (sulfide) groups is 1. The Kier molecular flexibility index (Phi) is 7.88. The van der Waals surface area contributed by atoms with E-state index in [0.29, 0.717) is 17.1 Å². The van der Waals surface area contributed by atoms with E-state index in [1.807, 2.05) is 44.2 Å². The molecule has 0 saturated carbocycles. The van der Waals surface area contributed by atoms with Gasteiger partial charge >= 0.3 is 0 Å². The van der Waals surface area contributed by atoms with E-state index in [1.165, 1.54) is 18.7 Å². The summed E-state index contributed by atoms with van der Waals surface area (Å²) in [6.07, 6.45) is -0.617. The Morgan fingerprint density at radius 1 is 1.00 bits per heavy atom. The van der Waals surface area contributed by atoms with Crippen LogP contribution in [0, 0.1) is 5.92 Å². The predicted octanol–water partition coefficient (Wildman–Crippen LogP) is 4.07. The lowest BCUT2D eigenvalue weighted by Crippen LogP contribution is -2.30. The Bertz CT molecular complexity index is 765. The molecular weight excluding hydrogens is 360 g/mol. The second-order valence-corrected chi connectivity index (χ2v) is 7.85. The van der Waals surface area contributed by atoms with E-state index < -0.39 is 6.10 Å². The van der Waals surface area contributed by atoms with Crippen molar-refractivity contribution in [1.82, 2.24) is 0 Å². The quantitative estimate of drug-likeness (QED) is 0.639. The van der Waals surface area contributed by atoms with Crippen molar-refractivity contribution >= 4 is 35.0 Å². The van der Waals surface area contributed by atoms with Gasteiger partial charge in [-0.15, -0.1) is 11.8 Å². The molecule has 0 heterocycles. The van der Waals surface area contributed by atoms with E-state index >= 15 is 0 Å². The first-order valence-corrected chi connectivity index (χ1v) is 9.95. The number of carbonyl (C=O) groups is 2. The molecule has 2 rings (SSSR count). The molecule has 27 heavy (non-hydrogen) atoms. The Morgan fingerprint density at radius 2 is 1.63 bits per heavy atom. The van der Waals surface area contributed by atoms with Gasteiger partial charge in [-0.2, -0.15) is 0 Å². The third-order valence-electron chi connectivity index (χ3n) is 3.93. The zero-order chi connectivity index (χ0) is 19.8. The molecule has 2 unspecified atom stereocenters. The molecule has 0 spiro atoms. The predicted molar refractivity (Wildman–Crippen MR) is 112 cm³/mol. The number of benzene rings is 2. The molecule has 0 radical (unpaired) electrons. The van der Waals surface area contributed by atoms with Crippen LogP contribution in [0.15, 0.2) is 54.6 Å². The zero-order valence-corrected chi connectivity index (χ0v) is 16.6. The second-order valence-electron chi connectivity index (χ2n) is 6.68. The molecule has 5 nitrogen and oxygen atoms in total. The molecular formula is C21H26N2O3S. The van der Waals surface area contributed by atoms with Crippen LogP contribution in [0.4, 0.5) is 11.4 Å². The fourth-order valence-corrected chi connectivity index (χ4v) is 3.81. The summed E-state index contributed by atoms with van der Waals surface area (Å²) < 4.78 is 0. The number of aliphatic hydroxyl groups is 1. The monoisotopic (exact) mass is 386 g/mol. The average molecular weight is 387 g/mol. The van der Waals surface area contributed by atoms with Gasteiger partial charge in [0.15, 0.2) is 0 Å². The summed E-state index contributed by atoms with van der Waals surface area (Å²) in [6, 6.07) is 16.5. The smallest absolute Gasteiger partial charge is 0.237 e. The Morgan fingerprint density at radius 3 is 2.22 bits per heavy atom. The summed E-state index contributed by atoms with van der Waals surface area (Å²) in [4.78, 5) is 23.9. The van der Waals surface area contributed by atoms with Crippen molar-refractivity contribution in [3.05, 3.63) is 60.2 Å². The first-order chi connectivity index (χ1) is 12.9. The Balaban J connectivity index is 1.99. The minimum atomic E-state index is -0.617. The van der Waals surface area contributed by atoms with E-state index in [0.717, 1.165) is 5.56 Å². The van der Waals surface area contributed by atoms with Gasteiger partial charge in [0, 0.05) is 24.1 Å². The molecule has 0 aliphatic carbocycles. The fraction of sp³-hybridized carbons (Fsp3) is 0.333. The van der Waals surface area contributed by atoms with Gasteiger partial charge in [0.2, 0.25) is 11.8 Å². The molecule has 2 amide bonds. The molecule has 3 N–H and O–H groups in total.